The number of aliphatic carboxylic acids is 1. The smallest absolute Gasteiger partial charge is 0.335 e. The SMILES string of the molecule is CCC(Nc1nc(Nc2cc(Cl)c(N=Nc3cc(C(=O)O)cc(C(=O)O)c3)cc2O)nc(Nc2cc(Cl)c(N=Nc3cc(C(=O)O)cc(C(=O)O)c3)cc2OCCCS(=O)(=O)O)n1)C(=O)O. The van der Waals surface area contributed by atoms with Gasteiger partial charge in [-0.3, -0.25) is 4.55 Å². The van der Waals surface area contributed by atoms with Gasteiger partial charge in [-0.2, -0.15) is 33.6 Å². The number of aromatic hydroxyl groups is 1. The molecule has 0 aliphatic heterocycles. The molecule has 4 aromatic carbocycles. The van der Waals surface area contributed by atoms with Gasteiger partial charge in [0, 0.05) is 12.1 Å². The van der Waals surface area contributed by atoms with Crippen molar-refractivity contribution in [3.63, 3.8) is 0 Å². The maximum absolute atomic E-state index is 11.9. The number of hydrogen-bond acceptors (Lipinski definition) is 19. The number of rotatable bonds is 21. The summed E-state index contributed by atoms with van der Waals surface area (Å²) in [6, 6.07) is 9.52. The number of anilines is 5. The van der Waals surface area contributed by atoms with Gasteiger partial charge in [0.25, 0.3) is 10.1 Å². The van der Waals surface area contributed by atoms with E-state index in [1.54, 1.807) is 6.92 Å². The molecule has 5 rings (SSSR count). The van der Waals surface area contributed by atoms with Crippen LogP contribution in [-0.2, 0) is 14.9 Å². The third-order valence-corrected chi connectivity index (χ3v) is 9.84. The van der Waals surface area contributed by atoms with E-state index in [2.05, 4.69) is 51.4 Å². The zero-order valence-corrected chi connectivity index (χ0v) is 35.7. The normalized spacial score (nSPS) is 11.9. The fourth-order valence-electron chi connectivity index (χ4n) is 5.33. The van der Waals surface area contributed by atoms with Crippen molar-refractivity contribution in [1.29, 1.82) is 0 Å². The molecule has 10 N–H and O–H groups in total. The quantitative estimate of drug-likeness (QED) is 0.0144. The lowest BCUT2D eigenvalue weighted by Gasteiger charge is -2.17. The number of carboxylic acids is 5. The topological polar surface area (TPSA) is 395 Å². The van der Waals surface area contributed by atoms with Crippen molar-refractivity contribution < 1.29 is 72.3 Å². The molecule has 0 spiro atoms. The molecule has 25 nitrogen and oxygen atoms in total. The van der Waals surface area contributed by atoms with Crippen LogP contribution < -0.4 is 20.7 Å². The highest BCUT2D eigenvalue weighted by atomic mass is 35.5. The van der Waals surface area contributed by atoms with E-state index in [0.717, 1.165) is 42.5 Å². The highest BCUT2D eigenvalue weighted by Crippen LogP contribution is 2.40. The number of halogens is 2. The number of carbonyl (C=O) groups is 5. The maximum atomic E-state index is 11.9. The zero-order valence-electron chi connectivity index (χ0n) is 33.4. The lowest BCUT2D eigenvalue weighted by Crippen LogP contribution is -2.29. The van der Waals surface area contributed by atoms with Crippen LogP contribution in [0.4, 0.5) is 52.0 Å². The summed E-state index contributed by atoms with van der Waals surface area (Å²) in [4.78, 5) is 70.9. The summed E-state index contributed by atoms with van der Waals surface area (Å²) in [6.45, 7) is 1.25. The molecule has 0 fully saturated rings. The molecule has 0 amide bonds. The lowest BCUT2D eigenvalue weighted by molar-refractivity contribution is -0.138. The second-order valence-electron chi connectivity index (χ2n) is 13.3. The van der Waals surface area contributed by atoms with Gasteiger partial charge in [-0.25, -0.2) is 24.0 Å². The van der Waals surface area contributed by atoms with Crippen molar-refractivity contribution in [2.45, 2.75) is 25.8 Å². The molecule has 0 aliphatic rings. The Morgan fingerprint density at radius 3 is 1.53 bits per heavy atom. The van der Waals surface area contributed by atoms with E-state index in [4.69, 9.17) is 27.9 Å². The highest BCUT2D eigenvalue weighted by Gasteiger charge is 2.21. The van der Waals surface area contributed by atoms with Crippen LogP contribution in [-0.4, -0.2) is 107 Å². The van der Waals surface area contributed by atoms with Crippen LogP contribution in [0.25, 0.3) is 0 Å². The summed E-state index contributed by atoms with van der Waals surface area (Å²) >= 11 is 13.0. The Hall–Kier alpha value is -8.07. The van der Waals surface area contributed by atoms with Crippen LogP contribution in [0.2, 0.25) is 10.0 Å². The van der Waals surface area contributed by atoms with E-state index in [9.17, 15) is 67.6 Å². The third-order valence-electron chi connectivity index (χ3n) is 8.43. The number of nitrogens with one attached hydrogen (secondary N) is 3. The zero-order chi connectivity index (χ0) is 48.5. The molecule has 1 unspecified atom stereocenters. The second-order valence-corrected chi connectivity index (χ2v) is 15.7. The predicted molar refractivity (Wildman–Crippen MR) is 232 cm³/mol. The number of phenols is 1. The monoisotopic (exact) mass is 970 g/mol. The Morgan fingerprint density at radius 1 is 0.652 bits per heavy atom. The van der Waals surface area contributed by atoms with Gasteiger partial charge >= 0.3 is 29.8 Å². The summed E-state index contributed by atoms with van der Waals surface area (Å²) in [7, 11) is -4.38. The number of hydrogen-bond donors (Lipinski definition) is 10. The Morgan fingerprint density at radius 2 is 1.09 bits per heavy atom. The molecule has 28 heteroatoms. The van der Waals surface area contributed by atoms with Gasteiger partial charge in [0.15, 0.2) is 0 Å². The summed E-state index contributed by atoms with van der Waals surface area (Å²) in [6.07, 6.45) is -0.155. The fraction of sp³-hybridized carbons (Fsp3) is 0.158. The van der Waals surface area contributed by atoms with E-state index in [1.165, 1.54) is 18.2 Å². The van der Waals surface area contributed by atoms with Crippen molar-refractivity contribution in [3.05, 3.63) is 93.0 Å². The van der Waals surface area contributed by atoms with Gasteiger partial charge in [-0.1, -0.05) is 30.1 Å². The first kappa shape index (κ1) is 49.0. The van der Waals surface area contributed by atoms with Crippen LogP contribution in [0.15, 0.2) is 81.1 Å². The maximum Gasteiger partial charge on any atom is 0.335 e. The number of benzene rings is 4. The van der Waals surface area contributed by atoms with Gasteiger partial charge < -0.3 is 51.3 Å². The Kier molecular flexibility index (Phi) is 15.6. The molecule has 0 radical (unpaired) electrons. The second kappa shape index (κ2) is 21.1. The van der Waals surface area contributed by atoms with Crippen LogP contribution in [0.1, 0.15) is 61.2 Å². The third kappa shape index (κ3) is 13.5. The number of aromatic carboxylic acids is 4. The summed E-state index contributed by atoms with van der Waals surface area (Å²) < 4.78 is 37.7. The summed E-state index contributed by atoms with van der Waals surface area (Å²) in [5, 5.41) is 81.9. The number of carboxylic acid groups (broad SMARTS) is 5. The minimum atomic E-state index is -4.38. The van der Waals surface area contributed by atoms with Crippen LogP contribution >= 0.6 is 23.2 Å². The first-order valence-corrected chi connectivity index (χ1v) is 20.8. The molecule has 0 saturated carbocycles. The number of azo groups is 2. The Balaban J connectivity index is 1.52. The number of ether oxygens (including phenoxy) is 1. The molecule has 1 aromatic heterocycles. The molecular formula is C38H32Cl2N10O15S. The van der Waals surface area contributed by atoms with Crippen molar-refractivity contribution in [2.75, 3.05) is 28.3 Å². The lowest BCUT2D eigenvalue weighted by atomic mass is 10.1. The van der Waals surface area contributed by atoms with Gasteiger partial charge in [0.05, 0.1) is 67.4 Å². The van der Waals surface area contributed by atoms with Crippen molar-refractivity contribution in [3.8, 4) is 11.5 Å². The first-order chi connectivity index (χ1) is 31.1. The van der Waals surface area contributed by atoms with Crippen molar-refractivity contribution in [1.82, 2.24) is 15.0 Å². The summed E-state index contributed by atoms with van der Waals surface area (Å²) in [5.41, 5.74) is -2.32. The largest absolute Gasteiger partial charge is 0.506 e. The molecule has 0 bridgehead atoms. The van der Waals surface area contributed by atoms with E-state index < -0.39 is 68.6 Å². The van der Waals surface area contributed by atoms with Crippen LogP contribution in [0.5, 0.6) is 11.5 Å². The number of phenolic OH excluding ortho intramolecular Hbond substituents is 1. The minimum Gasteiger partial charge on any atom is -0.506 e. The Bertz CT molecular complexity index is 2870. The standard InChI is InChI=1S/C38H32Cl2N10O15S/c1-2-24(35(60)61)41-36-44-37(42-27-12-22(39)25(14-29(27)51)49-47-20-8-16(31(52)53)6-17(9-20)32(54)55)46-38(45-36)43-28-13-23(40)26(15-30(28)65-4-3-5-66(62,63)64)50-48-21-10-18(33(56)57)7-19(11-21)34(58)59/h6-15,24,51H,2-5H2,1H3,(H,52,53)(H,54,55)(H,56,57)(H,58,59)(H,60,61)(H,62,63,64)(H3,41,42,43,44,45,46). The highest BCUT2D eigenvalue weighted by molar-refractivity contribution is 7.85. The van der Waals surface area contributed by atoms with E-state index >= 15 is 0 Å². The van der Waals surface area contributed by atoms with Crippen molar-refractivity contribution >= 4 is 115 Å². The van der Waals surface area contributed by atoms with E-state index in [-0.39, 0.29) is 98.3 Å². The fourth-order valence-corrected chi connectivity index (χ4v) is 6.22. The number of aromatic nitrogens is 3. The molecule has 0 aliphatic carbocycles. The van der Waals surface area contributed by atoms with Crippen LogP contribution in [0.3, 0.4) is 0 Å². The first-order valence-electron chi connectivity index (χ1n) is 18.4. The average Bonchev–Trinajstić information content (AvgIpc) is 3.24. The van der Waals surface area contributed by atoms with Crippen LogP contribution in [0, 0.1) is 0 Å². The minimum absolute atomic E-state index is 0.0230. The molecular weight excluding hydrogens is 939 g/mol. The molecule has 5 aromatic rings. The Labute approximate surface area is 380 Å². The van der Waals surface area contributed by atoms with Gasteiger partial charge in [-0.15, -0.1) is 10.2 Å². The molecule has 1 atom stereocenters. The summed E-state index contributed by atoms with van der Waals surface area (Å²) in [5.74, 6) is -9.28. The van der Waals surface area contributed by atoms with Gasteiger partial charge in [0.1, 0.15) is 28.9 Å². The molecule has 1 heterocycles. The van der Waals surface area contributed by atoms with Gasteiger partial charge in [0.2, 0.25) is 17.8 Å². The van der Waals surface area contributed by atoms with Crippen molar-refractivity contribution in [2.24, 2.45) is 20.5 Å². The molecule has 66 heavy (non-hydrogen) atoms. The molecule has 344 valence electrons. The average molecular weight is 972 g/mol. The van der Waals surface area contributed by atoms with Gasteiger partial charge in [-0.05, 0) is 61.4 Å². The molecule has 0 saturated heterocycles. The van der Waals surface area contributed by atoms with E-state index in [0.29, 0.717) is 0 Å². The number of nitrogens with zero attached hydrogens (tertiary/aromatic N) is 7. The predicted octanol–water partition coefficient (Wildman–Crippen LogP) is 7.93. The van der Waals surface area contributed by atoms with E-state index in [1.807, 2.05) is 0 Å².